The molecule has 0 spiro atoms. The van der Waals surface area contributed by atoms with Gasteiger partial charge in [-0.2, -0.15) is 0 Å². The second kappa shape index (κ2) is 5.58. The van der Waals surface area contributed by atoms with Crippen molar-refractivity contribution in [2.24, 2.45) is 5.16 Å². The second-order valence-corrected chi connectivity index (χ2v) is 5.35. The van der Waals surface area contributed by atoms with Gasteiger partial charge in [-0.1, -0.05) is 29.4 Å². The summed E-state index contributed by atoms with van der Waals surface area (Å²) in [5.41, 5.74) is 4.67. The molecule has 21 heavy (non-hydrogen) atoms. The van der Waals surface area contributed by atoms with Gasteiger partial charge in [0.25, 0.3) is 0 Å². The van der Waals surface area contributed by atoms with Crippen molar-refractivity contribution in [2.45, 2.75) is 0 Å². The topological polar surface area (TPSA) is 45.1 Å². The monoisotopic (exact) mass is 282 g/mol. The first kappa shape index (κ1) is 13.6. The SMILES string of the molecule is CN(C)CCOc1ccc2c(c1)/C(=N\O)c1ccccc1-2. The number of hydrogen-bond acceptors (Lipinski definition) is 4. The van der Waals surface area contributed by atoms with Gasteiger partial charge in [-0.25, -0.2) is 0 Å². The number of nitrogens with zero attached hydrogens (tertiary/aromatic N) is 2. The third kappa shape index (κ3) is 2.50. The maximum Gasteiger partial charge on any atom is 0.120 e. The van der Waals surface area contributed by atoms with Gasteiger partial charge in [0.1, 0.15) is 18.1 Å². The van der Waals surface area contributed by atoms with Gasteiger partial charge in [-0.05, 0) is 43.4 Å². The molecule has 0 amide bonds. The van der Waals surface area contributed by atoms with Crippen molar-refractivity contribution in [3.05, 3.63) is 53.6 Å². The molecule has 0 aliphatic heterocycles. The fourth-order valence-electron chi connectivity index (χ4n) is 2.57. The van der Waals surface area contributed by atoms with E-state index in [0.29, 0.717) is 12.3 Å². The van der Waals surface area contributed by atoms with Gasteiger partial charge >= 0.3 is 0 Å². The zero-order valence-electron chi connectivity index (χ0n) is 12.2. The summed E-state index contributed by atoms with van der Waals surface area (Å²) in [5.74, 6) is 0.796. The Hall–Kier alpha value is -2.33. The highest BCUT2D eigenvalue weighted by atomic mass is 16.5. The van der Waals surface area contributed by atoms with Crippen LogP contribution in [0.15, 0.2) is 47.6 Å². The molecule has 0 heterocycles. The van der Waals surface area contributed by atoms with E-state index in [9.17, 15) is 5.21 Å². The average Bonchev–Trinajstić information content (AvgIpc) is 2.80. The molecule has 0 atom stereocenters. The molecule has 0 saturated heterocycles. The molecular formula is C17H18N2O2. The summed E-state index contributed by atoms with van der Waals surface area (Å²) >= 11 is 0. The maximum atomic E-state index is 9.34. The van der Waals surface area contributed by atoms with E-state index in [2.05, 4.69) is 10.1 Å². The molecule has 108 valence electrons. The zero-order chi connectivity index (χ0) is 14.8. The van der Waals surface area contributed by atoms with Crippen molar-refractivity contribution < 1.29 is 9.94 Å². The van der Waals surface area contributed by atoms with E-state index in [1.165, 1.54) is 0 Å². The molecule has 0 fully saturated rings. The van der Waals surface area contributed by atoms with Crippen LogP contribution in [0.5, 0.6) is 5.75 Å². The molecule has 2 aromatic carbocycles. The third-order valence-corrected chi connectivity index (χ3v) is 3.63. The predicted octanol–water partition coefficient (Wildman–Crippen LogP) is 2.83. The highest BCUT2D eigenvalue weighted by Crippen LogP contribution is 2.38. The van der Waals surface area contributed by atoms with Crippen LogP contribution in [0.25, 0.3) is 11.1 Å². The molecule has 4 nitrogen and oxygen atoms in total. The van der Waals surface area contributed by atoms with Crippen LogP contribution in [0.3, 0.4) is 0 Å². The van der Waals surface area contributed by atoms with Gasteiger partial charge in [0.05, 0.1) is 0 Å². The minimum Gasteiger partial charge on any atom is -0.492 e. The molecule has 0 radical (unpaired) electrons. The van der Waals surface area contributed by atoms with Crippen molar-refractivity contribution in [2.75, 3.05) is 27.2 Å². The highest BCUT2D eigenvalue weighted by Gasteiger charge is 2.25. The number of hydrogen-bond donors (Lipinski definition) is 1. The van der Waals surface area contributed by atoms with Crippen LogP contribution in [-0.2, 0) is 0 Å². The lowest BCUT2D eigenvalue weighted by atomic mass is 10.1. The van der Waals surface area contributed by atoms with Gasteiger partial charge in [-0.3, -0.25) is 0 Å². The van der Waals surface area contributed by atoms with E-state index >= 15 is 0 Å². The number of oxime groups is 1. The Labute approximate surface area is 124 Å². The number of likely N-dealkylation sites (N-methyl/N-ethyl adjacent to an activating group) is 1. The standard InChI is InChI=1S/C17H18N2O2/c1-19(2)9-10-21-12-7-8-14-13-5-3-4-6-15(13)17(18-20)16(14)11-12/h3-8,11,20H,9-10H2,1-2H3/b18-17-. The van der Waals surface area contributed by atoms with Crippen molar-refractivity contribution in [1.82, 2.24) is 4.90 Å². The number of rotatable bonds is 4. The molecule has 0 aromatic heterocycles. The molecule has 0 unspecified atom stereocenters. The lowest BCUT2D eigenvalue weighted by Crippen LogP contribution is -2.19. The van der Waals surface area contributed by atoms with E-state index < -0.39 is 0 Å². The van der Waals surface area contributed by atoms with Crippen LogP contribution < -0.4 is 4.74 Å². The predicted molar refractivity (Wildman–Crippen MR) is 83.4 cm³/mol. The Morgan fingerprint density at radius 3 is 2.43 bits per heavy atom. The van der Waals surface area contributed by atoms with Crippen LogP contribution in [0, 0.1) is 0 Å². The van der Waals surface area contributed by atoms with E-state index in [-0.39, 0.29) is 0 Å². The number of ether oxygens (including phenoxy) is 1. The summed E-state index contributed by atoms with van der Waals surface area (Å²) in [6.45, 7) is 1.49. The van der Waals surface area contributed by atoms with Crippen LogP contribution in [0.2, 0.25) is 0 Å². The van der Waals surface area contributed by atoms with Gasteiger partial charge in [-0.15, -0.1) is 0 Å². The Balaban J connectivity index is 1.92. The van der Waals surface area contributed by atoms with Gasteiger partial charge < -0.3 is 14.8 Å². The molecule has 2 aromatic rings. The molecule has 0 saturated carbocycles. The summed E-state index contributed by atoms with van der Waals surface area (Å²) in [6.07, 6.45) is 0. The Morgan fingerprint density at radius 1 is 1.00 bits per heavy atom. The smallest absolute Gasteiger partial charge is 0.120 e. The van der Waals surface area contributed by atoms with E-state index in [1.807, 2.05) is 56.6 Å². The molecule has 1 aliphatic carbocycles. The molecule has 3 rings (SSSR count). The lowest BCUT2D eigenvalue weighted by molar-refractivity contribution is 0.261. The number of fused-ring (bicyclic) bond motifs is 3. The molecular weight excluding hydrogens is 264 g/mol. The summed E-state index contributed by atoms with van der Waals surface area (Å²) in [7, 11) is 4.03. The van der Waals surface area contributed by atoms with E-state index in [1.54, 1.807) is 0 Å². The summed E-state index contributed by atoms with van der Waals surface area (Å²) in [4.78, 5) is 2.07. The van der Waals surface area contributed by atoms with Crippen LogP contribution >= 0.6 is 0 Å². The Bertz CT molecular complexity index is 693. The first-order valence-corrected chi connectivity index (χ1v) is 6.94. The zero-order valence-corrected chi connectivity index (χ0v) is 12.2. The summed E-state index contributed by atoms with van der Waals surface area (Å²) < 4.78 is 5.76. The molecule has 1 N–H and O–H groups in total. The minimum absolute atomic E-state index is 0.610. The second-order valence-electron chi connectivity index (χ2n) is 5.35. The summed E-state index contributed by atoms with van der Waals surface area (Å²) in [6, 6.07) is 13.9. The van der Waals surface area contributed by atoms with Crippen LogP contribution in [0.4, 0.5) is 0 Å². The lowest BCUT2D eigenvalue weighted by Gasteiger charge is -2.11. The van der Waals surface area contributed by atoms with Crippen molar-refractivity contribution >= 4 is 5.71 Å². The van der Waals surface area contributed by atoms with Crippen LogP contribution in [-0.4, -0.2) is 43.1 Å². The van der Waals surface area contributed by atoms with Gasteiger partial charge in [0, 0.05) is 17.7 Å². The first-order chi connectivity index (χ1) is 10.2. The molecule has 1 aliphatic rings. The Kier molecular flexibility index (Phi) is 3.62. The minimum atomic E-state index is 0.610. The fraction of sp³-hybridized carbons (Fsp3) is 0.235. The normalized spacial score (nSPS) is 14.3. The largest absolute Gasteiger partial charge is 0.492 e. The third-order valence-electron chi connectivity index (χ3n) is 3.63. The van der Waals surface area contributed by atoms with Crippen LogP contribution in [0.1, 0.15) is 11.1 Å². The molecule has 4 heteroatoms. The average molecular weight is 282 g/mol. The van der Waals surface area contributed by atoms with E-state index in [0.717, 1.165) is 34.5 Å². The number of benzene rings is 2. The van der Waals surface area contributed by atoms with Crippen molar-refractivity contribution in [3.63, 3.8) is 0 Å². The quantitative estimate of drug-likeness (QED) is 0.591. The Morgan fingerprint density at radius 2 is 1.71 bits per heavy atom. The van der Waals surface area contributed by atoms with Gasteiger partial charge in [0.15, 0.2) is 0 Å². The fourth-order valence-corrected chi connectivity index (χ4v) is 2.57. The highest BCUT2D eigenvalue weighted by molar-refractivity contribution is 6.24. The van der Waals surface area contributed by atoms with E-state index in [4.69, 9.17) is 4.74 Å². The maximum absolute atomic E-state index is 9.34. The van der Waals surface area contributed by atoms with Crippen molar-refractivity contribution in [3.8, 4) is 16.9 Å². The van der Waals surface area contributed by atoms with Crippen molar-refractivity contribution in [1.29, 1.82) is 0 Å². The van der Waals surface area contributed by atoms with Gasteiger partial charge in [0.2, 0.25) is 0 Å². The summed E-state index contributed by atoms with van der Waals surface area (Å²) in [5, 5.41) is 12.8. The molecule has 0 bridgehead atoms. The first-order valence-electron chi connectivity index (χ1n) is 6.94.